The van der Waals surface area contributed by atoms with Crippen molar-refractivity contribution in [3.63, 3.8) is 0 Å². The summed E-state index contributed by atoms with van der Waals surface area (Å²) in [6.45, 7) is 5.97. The maximum Gasteiger partial charge on any atom is 0.273 e. The zero-order valence-corrected chi connectivity index (χ0v) is 15.0. The zero-order valence-electron chi connectivity index (χ0n) is 15.0. The minimum absolute atomic E-state index is 0.168. The molecule has 1 aliphatic heterocycles. The first kappa shape index (κ1) is 18.1. The number of rotatable bonds is 7. The average Bonchev–Trinajstić information content (AvgIpc) is 2.69. The Balaban J connectivity index is 1.30. The molecular weight excluding hydrogens is 328 g/mol. The number of para-hydroxylation sites is 1. The highest BCUT2D eigenvalue weighted by Crippen LogP contribution is 2.15. The van der Waals surface area contributed by atoms with E-state index in [0.717, 1.165) is 45.6 Å². The lowest BCUT2D eigenvalue weighted by molar-refractivity contribution is 0.0948. The number of unbranched alkanes of at least 4 members (excludes halogenated alkanes) is 1. The summed E-state index contributed by atoms with van der Waals surface area (Å²) in [5.74, 6) is -0.0895. The van der Waals surface area contributed by atoms with Crippen molar-refractivity contribution in [3.8, 4) is 0 Å². The largest absolute Gasteiger partial charge is 0.382 e. The van der Waals surface area contributed by atoms with Crippen molar-refractivity contribution in [3.05, 3.63) is 48.4 Å². The molecule has 0 atom stereocenters. The third kappa shape index (κ3) is 4.92. The van der Waals surface area contributed by atoms with E-state index in [2.05, 4.69) is 55.4 Å². The zero-order chi connectivity index (χ0) is 18.2. The van der Waals surface area contributed by atoms with Gasteiger partial charge in [0.1, 0.15) is 0 Å². The van der Waals surface area contributed by atoms with Crippen molar-refractivity contribution in [2.45, 2.75) is 12.8 Å². The third-order valence-corrected chi connectivity index (χ3v) is 4.62. The minimum Gasteiger partial charge on any atom is -0.382 e. The number of carbonyl (C=O) groups excluding carboxylic acids is 1. The van der Waals surface area contributed by atoms with Gasteiger partial charge in [0.25, 0.3) is 5.91 Å². The summed E-state index contributed by atoms with van der Waals surface area (Å²) >= 11 is 0. The average molecular weight is 354 g/mol. The van der Waals surface area contributed by atoms with Crippen LogP contribution in [0.1, 0.15) is 23.3 Å². The molecule has 1 amide bonds. The van der Waals surface area contributed by atoms with Gasteiger partial charge in [-0.1, -0.05) is 18.2 Å². The molecule has 1 aromatic heterocycles. The number of carbonyl (C=O) groups is 1. The Bertz CT molecular complexity index is 700. The molecule has 0 radical (unpaired) electrons. The van der Waals surface area contributed by atoms with Crippen molar-refractivity contribution in [1.82, 2.24) is 20.2 Å². The van der Waals surface area contributed by atoms with Gasteiger partial charge in [0.15, 0.2) is 11.5 Å². The molecule has 1 aromatic carbocycles. The van der Waals surface area contributed by atoms with Crippen LogP contribution in [-0.2, 0) is 0 Å². The first-order valence-electron chi connectivity index (χ1n) is 9.11. The number of nitrogen functional groups attached to an aromatic ring is 1. The van der Waals surface area contributed by atoms with Crippen LogP contribution in [0.5, 0.6) is 0 Å². The van der Waals surface area contributed by atoms with E-state index in [1.807, 2.05) is 0 Å². The van der Waals surface area contributed by atoms with E-state index in [0.29, 0.717) is 6.54 Å². The predicted molar refractivity (Wildman–Crippen MR) is 103 cm³/mol. The first-order chi connectivity index (χ1) is 12.7. The van der Waals surface area contributed by atoms with Crippen LogP contribution in [0, 0.1) is 0 Å². The number of nitrogens with zero attached hydrogens (tertiary/aromatic N) is 4. The smallest absolute Gasteiger partial charge is 0.273 e. The van der Waals surface area contributed by atoms with Crippen LogP contribution in [0.15, 0.2) is 42.7 Å². The maximum absolute atomic E-state index is 12.0. The summed E-state index contributed by atoms with van der Waals surface area (Å²) < 4.78 is 0. The quantitative estimate of drug-likeness (QED) is 0.731. The topological polar surface area (TPSA) is 87.4 Å². The molecule has 26 heavy (non-hydrogen) atoms. The second-order valence-electron chi connectivity index (χ2n) is 6.42. The number of amides is 1. The lowest BCUT2D eigenvalue weighted by Gasteiger charge is -2.36. The van der Waals surface area contributed by atoms with E-state index in [-0.39, 0.29) is 17.4 Å². The van der Waals surface area contributed by atoms with Crippen LogP contribution >= 0.6 is 0 Å². The van der Waals surface area contributed by atoms with E-state index >= 15 is 0 Å². The Hall–Kier alpha value is -2.67. The summed E-state index contributed by atoms with van der Waals surface area (Å²) in [6, 6.07) is 10.6. The van der Waals surface area contributed by atoms with Gasteiger partial charge in [-0.25, -0.2) is 9.97 Å². The monoisotopic (exact) mass is 354 g/mol. The number of benzene rings is 1. The molecular formula is C19H26N6O. The van der Waals surface area contributed by atoms with Gasteiger partial charge >= 0.3 is 0 Å². The number of aromatic nitrogens is 2. The Labute approximate surface area is 154 Å². The SMILES string of the molecule is Nc1nccnc1C(=O)NCCCCN1CCN(c2ccccc2)CC1. The fourth-order valence-electron chi connectivity index (χ4n) is 3.14. The number of nitrogens with two attached hydrogens (primary N) is 1. The summed E-state index contributed by atoms with van der Waals surface area (Å²) in [7, 11) is 0. The van der Waals surface area contributed by atoms with E-state index in [4.69, 9.17) is 5.73 Å². The molecule has 0 spiro atoms. The molecule has 2 aromatic rings. The molecule has 0 unspecified atom stereocenters. The summed E-state index contributed by atoms with van der Waals surface area (Å²) in [6.07, 6.45) is 4.94. The van der Waals surface area contributed by atoms with Crippen molar-refractivity contribution in [1.29, 1.82) is 0 Å². The molecule has 2 heterocycles. The normalized spacial score (nSPS) is 15.0. The second kappa shape index (κ2) is 9.15. The van der Waals surface area contributed by atoms with Gasteiger partial charge < -0.3 is 16.0 Å². The van der Waals surface area contributed by atoms with Crippen LogP contribution < -0.4 is 16.0 Å². The Kier molecular flexibility index (Phi) is 6.38. The van der Waals surface area contributed by atoms with E-state index < -0.39 is 0 Å². The van der Waals surface area contributed by atoms with Gasteiger partial charge in [-0.2, -0.15) is 0 Å². The predicted octanol–water partition coefficient (Wildman–Crippen LogP) is 1.39. The number of anilines is 2. The van der Waals surface area contributed by atoms with Crippen molar-refractivity contribution >= 4 is 17.4 Å². The molecule has 1 aliphatic rings. The van der Waals surface area contributed by atoms with Crippen LogP contribution in [-0.4, -0.2) is 60.0 Å². The van der Waals surface area contributed by atoms with Crippen molar-refractivity contribution < 1.29 is 4.79 Å². The lowest BCUT2D eigenvalue weighted by Crippen LogP contribution is -2.46. The van der Waals surface area contributed by atoms with E-state index in [1.165, 1.54) is 18.1 Å². The van der Waals surface area contributed by atoms with Crippen molar-refractivity contribution in [2.24, 2.45) is 0 Å². The molecule has 0 saturated carbocycles. The van der Waals surface area contributed by atoms with Gasteiger partial charge in [0, 0.05) is 50.8 Å². The number of nitrogens with one attached hydrogen (secondary N) is 1. The van der Waals surface area contributed by atoms with E-state index in [1.54, 1.807) is 0 Å². The molecule has 138 valence electrons. The Morgan fingerprint density at radius 1 is 1.04 bits per heavy atom. The van der Waals surface area contributed by atoms with Gasteiger partial charge in [-0.05, 0) is 31.5 Å². The third-order valence-electron chi connectivity index (χ3n) is 4.62. The summed E-state index contributed by atoms with van der Waals surface area (Å²) in [5, 5.41) is 2.86. The molecule has 7 nitrogen and oxygen atoms in total. The van der Waals surface area contributed by atoms with Gasteiger partial charge in [0.2, 0.25) is 0 Å². The van der Waals surface area contributed by atoms with Gasteiger partial charge in [0.05, 0.1) is 0 Å². The molecule has 1 fully saturated rings. The number of piperazine rings is 1. The maximum atomic E-state index is 12.0. The van der Waals surface area contributed by atoms with E-state index in [9.17, 15) is 4.79 Å². The highest BCUT2D eigenvalue weighted by atomic mass is 16.1. The number of hydrogen-bond acceptors (Lipinski definition) is 6. The first-order valence-corrected chi connectivity index (χ1v) is 9.11. The highest BCUT2D eigenvalue weighted by Gasteiger charge is 2.16. The van der Waals surface area contributed by atoms with Crippen LogP contribution in [0.4, 0.5) is 11.5 Å². The Morgan fingerprint density at radius 2 is 1.77 bits per heavy atom. The standard InChI is InChI=1S/C19H26N6O/c20-18-17(21-9-10-22-18)19(26)23-8-4-5-11-24-12-14-25(15-13-24)16-6-2-1-3-7-16/h1-3,6-7,9-10H,4-5,8,11-15H2,(H2,20,22)(H,23,26). The molecule has 7 heteroatoms. The van der Waals surface area contributed by atoms with Crippen LogP contribution in [0.2, 0.25) is 0 Å². The fraction of sp³-hybridized carbons (Fsp3) is 0.421. The Morgan fingerprint density at radius 3 is 2.50 bits per heavy atom. The highest BCUT2D eigenvalue weighted by molar-refractivity contribution is 5.96. The van der Waals surface area contributed by atoms with Crippen molar-refractivity contribution in [2.75, 3.05) is 49.9 Å². The van der Waals surface area contributed by atoms with Gasteiger partial charge in [-0.3, -0.25) is 9.69 Å². The van der Waals surface area contributed by atoms with Crippen LogP contribution in [0.3, 0.4) is 0 Å². The number of hydrogen-bond donors (Lipinski definition) is 2. The molecule has 3 N–H and O–H groups in total. The minimum atomic E-state index is -0.257. The molecule has 3 rings (SSSR count). The molecule has 1 saturated heterocycles. The second-order valence-corrected chi connectivity index (χ2v) is 6.42. The summed E-state index contributed by atoms with van der Waals surface area (Å²) in [4.78, 5) is 24.8. The molecule has 0 bridgehead atoms. The molecule has 0 aliphatic carbocycles. The van der Waals surface area contributed by atoms with Gasteiger partial charge in [-0.15, -0.1) is 0 Å². The van der Waals surface area contributed by atoms with Crippen LogP contribution in [0.25, 0.3) is 0 Å². The lowest BCUT2D eigenvalue weighted by atomic mass is 10.2. The summed E-state index contributed by atoms with van der Waals surface area (Å²) in [5.41, 5.74) is 7.16. The fourth-order valence-corrected chi connectivity index (χ4v) is 3.14.